The zero-order valence-electron chi connectivity index (χ0n) is 7.28. The van der Waals surface area contributed by atoms with Gasteiger partial charge in [-0.15, -0.1) is 0 Å². The number of nitrogens with zero attached hydrogens (tertiary/aromatic N) is 1. The first kappa shape index (κ1) is 8.51. The molecule has 0 radical (unpaired) electrons. The third-order valence-electron chi connectivity index (χ3n) is 2.36. The number of hydrogen-bond donors (Lipinski definition) is 1. The number of rotatable bonds is 1. The third kappa shape index (κ3) is 1.80. The average Bonchev–Trinajstić information content (AvgIpc) is 2.53. The first-order valence-electron chi connectivity index (χ1n) is 4.44. The number of benzene rings is 1. The van der Waals surface area contributed by atoms with Gasteiger partial charge in [0.05, 0.1) is 6.10 Å². The van der Waals surface area contributed by atoms with Crippen LogP contribution in [0.3, 0.4) is 0 Å². The molecule has 2 nitrogen and oxygen atoms in total. The standard InChI is InChI=1S/C10H12FNO/c11-8-1-3-9(4-2-8)12-6-5-10(13)7-12/h1-4,10,13H,5-7H2/t10-/m1/s1. The Morgan fingerprint density at radius 3 is 2.54 bits per heavy atom. The summed E-state index contributed by atoms with van der Waals surface area (Å²) in [6, 6.07) is 6.38. The summed E-state index contributed by atoms with van der Waals surface area (Å²) in [6.07, 6.45) is 0.572. The van der Waals surface area contributed by atoms with E-state index in [0.717, 1.165) is 18.7 Å². The fourth-order valence-electron chi connectivity index (χ4n) is 1.63. The predicted octanol–water partition coefficient (Wildman–Crippen LogP) is 1.40. The summed E-state index contributed by atoms with van der Waals surface area (Å²) >= 11 is 0. The lowest BCUT2D eigenvalue weighted by atomic mass is 10.3. The van der Waals surface area contributed by atoms with Gasteiger partial charge in [0, 0.05) is 18.8 Å². The fraction of sp³-hybridized carbons (Fsp3) is 0.400. The Balaban J connectivity index is 2.13. The van der Waals surface area contributed by atoms with Crippen LogP contribution in [-0.2, 0) is 0 Å². The molecule has 70 valence electrons. The topological polar surface area (TPSA) is 23.5 Å². The van der Waals surface area contributed by atoms with Crippen molar-refractivity contribution in [2.75, 3.05) is 18.0 Å². The van der Waals surface area contributed by atoms with Crippen LogP contribution < -0.4 is 4.90 Å². The van der Waals surface area contributed by atoms with Crippen LogP contribution >= 0.6 is 0 Å². The second-order valence-electron chi connectivity index (χ2n) is 3.36. The number of halogens is 1. The number of hydrogen-bond acceptors (Lipinski definition) is 2. The largest absolute Gasteiger partial charge is 0.391 e. The zero-order chi connectivity index (χ0) is 9.26. The molecular formula is C10H12FNO. The fourth-order valence-corrected chi connectivity index (χ4v) is 1.63. The van der Waals surface area contributed by atoms with Crippen molar-refractivity contribution in [3.8, 4) is 0 Å². The minimum absolute atomic E-state index is 0.219. The predicted molar refractivity (Wildman–Crippen MR) is 49.2 cm³/mol. The van der Waals surface area contributed by atoms with E-state index in [0.29, 0.717) is 6.54 Å². The Bertz CT molecular complexity index is 285. The molecule has 1 heterocycles. The summed E-state index contributed by atoms with van der Waals surface area (Å²) in [4.78, 5) is 2.06. The molecule has 0 aromatic heterocycles. The maximum absolute atomic E-state index is 12.6. The smallest absolute Gasteiger partial charge is 0.123 e. The van der Waals surface area contributed by atoms with Crippen LogP contribution in [0.5, 0.6) is 0 Å². The van der Waals surface area contributed by atoms with Crippen molar-refractivity contribution < 1.29 is 9.50 Å². The van der Waals surface area contributed by atoms with E-state index >= 15 is 0 Å². The van der Waals surface area contributed by atoms with Crippen molar-refractivity contribution in [3.63, 3.8) is 0 Å². The molecule has 2 rings (SSSR count). The molecule has 13 heavy (non-hydrogen) atoms. The van der Waals surface area contributed by atoms with Gasteiger partial charge in [0.2, 0.25) is 0 Å². The van der Waals surface area contributed by atoms with Crippen LogP contribution in [0.1, 0.15) is 6.42 Å². The van der Waals surface area contributed by atoms with E-state index in [1.165, 1.54) is 12.1 Å². The monoisotopic (exact) mass is 181 g/mol. The molecule has 0 bridgehead atoms. The summed E-state index contributed by atoms with van der Waals surface area (Å²) in [5, 5.41) is 9.30. The van der Waals surface area contributed by atoms with E-state index < -0.39 is 0 Å². The molecule has 1 aromatic rings. The van der Waals surface area contributed by atoms with Gasteiger partial charge in [0.15, 0.2) is 0 Å². The summed E-state index contributed by atoms with van der Waals surface area (Å²) in [6.45, 7) is 1.51. The lowest BCUT2D eigenvalue weighted by Gasteiger charge is -2.17. The molecule has 1 atom stereocenters. The van der Waals surface area contributed by atoms with Gasteiger partial charge < -0.3 is 10.0 Å². The minimum atomic E-state index is -0.231. The number of β-amino-alcohol motifs (C(OH)–C–C–N with tert-alkyl or cyclic N) is 1. The molecule has 1 aromatic carbocycles. The first-order chi connectivity index (χ1) is 6.25. The Morgan fingerprint density at radius 1 is 1.31 bits per heavy atom. The highest BCUT2D eigenvalue weighted by atomic mass is 19.1. The van der Waals surface area contributed by atoms with Crippen molar-refractivity contribution >= 4 is 5.69 Å². The van der Waals surface area contributed by atoms with Gasteiger partial charge in [0.1, 0.15) is 5.82 Å². The maximum atomic E-state index is 12.6. The van der Waals surface area contributed by atoms with Crippen molar-refractivity contribution in [3.05, 3.63) is 30.1 Å². The van der Waals surface area contributed by atoms with Crippen LogP contribution in [0.2, 0.25) is 0 Å². The molecule has 1 aliphatic heterocycles. The highest BCUT2D eigenvalue weighted by Gasteiger charge is 2.19. The van der Waals surface area contributed by atoms with E-state index in [4.69, 9.17) is 0 Å². The lowest BCUT2D eigenvalue weighted by Crippen LogP contribution is -2.20. The Kier molecular flexibility index (Phi) is 2.19. The van der Waals surface area contributed by atoms with Crippen molar-refractivity contribution in [1.82, 2.24) is 0 Å². The number of anilines is 1. The quantitative estimate of drug-likeness (QED) is 0.707. The first-order valence-corrected chi connectivity index (χ1v) is 4.44. The van der Waals surface area contributed by atoms with Crippen molar-refractivity contribution in [2.45, 2.75) is 12.5 Å². The van der Waals surface area contributed by atoms with Gasteiger partial charge in [-0.25, -0.2) is 4.39 Å². The van der Waals surface area contributed by atoms with Crippen LogP contribution in [0.4, 0.5) is 10.1 Å². The second kappa shape index (κ2) is 3.34. The highest BCUT2D eigenvalue weighted by molar-refractivity contribution is 5.47. The van der Waals surface area contributed by atoms with E-state index in [2.05, 4.69) is 4.90 Å². The summed E-state index contributed by atoms with van der Waals surface area (Å²) in [7, 11) is 0. The summed E-state index contributed by atoms with van der Waals surface area (Å²) in [5.41, 5.74) is 0.984. The Morgan fingerprint density at radius 2 is 2.00 bits per heavy atom. The van der Waals surface area contributed by atoms with Crippen LogP contribution in [-0.4, -0.2) is 24.3 Å². The Hall–Kier alpha value is -1.09. The van der Waals surface area contributed by atoms with Gasteiger partial charge in [-0.1, -0.05) is 0 Å². The molecule has 0 saturated carbocycles. The molecule has 3 heteroatoms. The summed E-state index contributed by atoms with van der Waals surface area (Å²) in [5.74, 6) is -0.219. The second-order valence-corrected chi connectivity index (χ2v) is 3.36. The van der Waals surface area contributed by atoms with E-state index in [-0.39, 0.29) is 11.9 Å². The molecule has 0 spiro atoms. The minimum Gasteiger partial charge on any atom is -0.391 e. The van der Waals surface area contributed by atoms with Gasteiger partial charge in [-0.3, -0.25) is 0 Å². The SMILES string of the molecule is O[C@@H]1CCN(c2ccc(F)cc2)C1. The molecular weight excluding hydrogens is 169 g/mol. The highest BCUT2D eigenvalue weighted by Crippen LogP contribution is 2.20. The van der Waals surface area contributed by atoms with Gasteiger partial charge >= 0.3 is 0 Å². The average molecular weight is 181 g/mol. The molecule has 1 saturated heterocycles. The maximum Gasteiger partial charge on any atom is 0.123 e. The molecule has 0 unspecified atom stereocenters. The molecule has 0 amide bonds. The molecule has 1 N–H and O–H groups in total. The van der Waals surface area contributed by atoms with Crippen molar-refractivity contribution in [1.29, 1.82) is 0 Å². The molecule has 0 aliphatic carbocycles. The van der Waals surface area contributed by atoms with Gasteiger partial charge in [-0.2, -0.15) is 0 Å². The van der Waals surface area contributed by atoms with E-state index in [1.54, 1.807) is 12.1 Å². The molecule has 1 aliphatic rings. The van der Waals surface area contributed by atoms with E-state index in [1.807, 2.05) is 0 Å². The van der Waals surface area contributed by atoms with Gasteiger partial charge in [0.25, 0.3) is 0 Å². The zero-order valence-corrected chi connectivity index (χ0v) is 7.28. The van der Waals surface area contributed by atoms with Crippen LogP contribution in [0.25, 0.3) is 0 Å². The van der Waals surface area contributed by atoms with Crippen molar-refractivity contribution in [2.24, 2.45) is 0 Å². The van der Waals surface area contributed by atoms with Crippen LogP contribution in [0.15, 0.2) is 24.3 Å². The van der Waals surface area contributed by atoms with Crippen LogP contribution in [0, 0.1) is 5.82 Å². The number of aliphatic hydroxyl groups excluding tert-OH is 1. The normalized spacial score (nSPS) is 22.3. The van der Waals surface area contributed by atoms with E-state index in [9.17, 15) is 9.50 Å². The van der Waals surface area contributed by atoms with Gasteiger partial charge in [-0.05, 0) is 30.7 Å². The molecule has 1 fully saturated rings. The Labute approximate surface area is 76.6 Å². The third-order valence-corrected chi connectivity index (χ3v) is 2.36. The summed E-state index contributed by atoms with van der Waals surface area (Å²) < 4.78 is 12.6. The lowest BCUT2D eigenvalue weighted by molar-refractivity contribution is 0.198. The number of aliphatic hydroxyl groups is 1.